The third-order valence-electron chi connectivity index (χ3n) is 5.73. The monoisotopic (exact) mass is 459 g/mol. The Morgan fingerprint density at radius 1 is 0.824 bits per heavy atom. The fourth-order valence-electron chi connectivity index (χ4n) is 4.12. The number of urea groups is 1. The van der Waals surface area contributed by atoms with Gasteiger partial charge in [-0.25, -0.2) is 20.4 Å². The van der Waals surface area contributed by atoms with E-state index in [4.69, 9.17) is 9.47 Å². The highest BCUT2D eigenvalue weighted by atomic mass is 16.6. The van der Waals surface area contributed by atoms with Crippen molar-refractivity contribution in [2.24, 2.45) is 0 Å². The van der Waals surface area contributed by atoms with Gasteiger partial charge in [-0.1, -0.05) is 78.9 Å². The van der Waals surface area contributed by atoms with Crippen molar-refractivity contribution in [3.05, 3.63) is 95.6 Å². The molecule has 174 valence electrons. The zero-order valence-corrected chi connectivity index (χ0v) is 18.6. The van der Waals surface area contributed by atoms with E-state index in [9.17, 15) is 14.4 Å². The Morgan fingerprint density at radius 3 is 2.03 bits per heavy atom. The van der Waals surface area contributed by atoms with E-state index in [1.54, 1.807) is 24.3 Å². The normalized spacial score (nSPS) is 12.6. The summed E-state index contributed by atoms with van der Waals surface area (Å²) in [4.78, 5) is 36.3. The third-order valence-corrected chi connectivity index (χ3v) is 5.73. The number of carbonyl (C=O) groups excluding carboxylic acids is 3. The lowest BCUT2D eigenvalue weighted by atomic mass is 9.98. The van der Waals surface area contributed by atoms with Gasteiger partial charge >= 0.3 is 18.1 Å². The number of hydrogen-bond acceptors (Lipinski definition) is 5. The summed E-state index contributed by atoms with van der Waals surface area (Å²) in [6.07, 6.45) is -0.847. The largest absolute Gasteiger partial charge is 0.469 e. The van der Waals surface area contributed by atoms with Gasteiger partial charge in [0.05, 0.1) is 19.6 Å². The van der Waals surface area contributed by atoms with Gasteiger partial charge in [0, 0.05) is 5.92 Å². The van der Waals surface area contributed by atoms with Crippen LogP contribution in [-0.4, -0.2) is 31.8 Å². The first-order chi connectivity index (χ1) is 16.6. The molecule has 0 aromatic heterocycles. The number of methoxy groups -OCH3 is 1. The highest BCUT2D eigenvalue weighted by Gasteiger charge is 2.29. The number of carbonyl (C=O) groups is 3. The van der Waals surface area contributed by atoms with E-state index in [1.165, 1.54) is 7.11 Å². The molecule has 1 aliphatic rings. The molecule has 1 atom stereocenters. The number of esters is 1. The molecule has 0 spiro atoms. The van der Waals surface area contributed by atoms with Crippen molar-refractivity contribution in [2.45, 2.75) is 18.4 Å². The topological polar surface area (TPSA) is 106 Å². The van der Waals surface area contributed by atoms with E-state index in [0.29, 0.717) is 0 Å². The molecule has 0 heterocycles. The van der Waals surface area contributed by atoms with Gasteiger partial charge in [0.1, 0.15) is 6.61 Å². The smallest absolute Gasteiger partial charge is 0.426 e. The molecule has 4 rings (SSSR count). The predicted molar refractivity (Wildman–Crippen MR) is 126 cm³/mol. The van der Waals surface area contributed by atoms with Gasteiger partial charge < -0.3 is 14.8 Å². The van der Waals surface area contributed by atoms with E-state index < -0.39 is 24.1 Å². The molecule has 3 aromatic carbocycles. The van der Waals surface area contributed by atoms with Crippen LogP contribution in [0.4, 0.5) is 9.59 Å². The van der Waals surface area contributed by atoms with Crippen LogP contribution < -0.4 is 16.2 Å². The molecular formula is C26H25N3O5. The van der Waals surface area contributed by atoms with Crippen molar-refractivity contribution in [3.8, 4) is 11.1 Å². The van der Waals surface area contributed by atoms with Crippen LogP contribution in [0.2, 0.25) is 0 Å². The Morgan fingerprint density at radius 2 is 1.41 bits per heavy atom. The number of nitrogens with one attached hydrogen (secondary N) is 3. The number of benzene rings is 3. The first-order valence-corrected chi connectivity index (χ1v) is 10.9. The summed E-state index contributed by atoms with van der Waals surface area (Å²) in [6, 6.07) is 23.7. The highest BCUT2D eigenvalue weighted by molar-refractivity contribution is 5.80. The lowest BCUT2D eigenvalue weighted by Gasteiger charge is -2.19. The SMILES string of the molecule is COC(=O)CC(NC(=O)NNC(=O)OCC1c2ccccc2-c2ccccc21)c1ccccc1. The lowest BCUT2D eigenvalue weighted by Crippen LogP contribution is -2.48. The van der Waals surface area contributed by atoms with Crippen LogP contribution >= 0.6 is 0 Å². The zero-order valence-electron chi connectivity index (χ0n) is 18.6. The number of hydrogen-bond donors (Lipinski definition) is 3. The van der Waals surface area contributed by atoms with Crippen LogP contribution in [0.25, 0.3) is 11.1 Å². The molecule has 3 N–H and O–H groups in total. The summed E-state index contributed by atoms with van der Waals surface area (Å²) >= 11 is 0. The van der Waals surface area contributed by atoms with Crippen LogP contribution in [0.5, 0.6) is 0 Å². The Hall–Kier alpha value is -4.33. The molecule has 34 heavy (non-hydrogen) atoms. The Bertz CT molecular complexity index is 1140. The third kappa shape index (κ3) is 5.17. The van der Waals surface area contributed by atoms with Gasteiger partial charge in [0.2, 0.25) is 0 Å². The van der Waals surface area contributed by atoms with Gasteiger partial charge in [-0.2, -0.15) is 0 Å². The van der Waals surface area contributed by atoms with Crippen LogP contribution in [0, 0.1) is 0 Å². The molecule has 1 unspecified atom stereocenters. The van der Waals surface area contributed by atoms with Gasteiger partial charge in [-0.3, -0.25) is 4.79 Å². The predicted octanol–water partition coefficient (Wildman–Crippen LogP) is 4.04. The number of hydrazine groups is 1. The van der Waals surface area contributed by atoms with E-state index in [1.807, 2.05) is 42.5 Å². The van der Waals surface area contributed by atoms with Crippen molar-refractivity contribution in [3.63, 3.8) is 0 Å². The summed E-state index contributed by atoms with van der Waals surface area (Å²) < 4.78 is 10.1. The summed E-state index contributed by atoms with van der Waals surface area (Å²) in [5, 5.41) is 2.66. The molecule has 0 aliphatic heterocycles. The van der Waals surface area contributed by atoms with Gasteiger partial charge in [-0.05, 0) is 27.8 Å². The van der Waals surface area contributed by atoms with Crippen LogP contribution in [0.15, 0.2) is 78.9 Å². The van der Waals surface area contributed by atoms with Crippen molar-refractivity contribution >= 4 is 18.1 Å². The molecular weight excluding hydrogens is 434 g/mol. The summed E-state index contributed by atoms with van der Waals surface area (Å²) in [5.41, 5.74) is 9.67. The average Bonchev–Trinajstić information content (AvgIpc) is 3.20. The molecule has 0 fully saturated rings. The standard InChI is InChI=1S/C26H25N3O5/c1-33-24(30)15-23(17-9-3-2-4-10-17)27-25(31)28-29-26(32)34-16-22-20-13-7-5-11-18(20)19-12-6-8-14-21(19)22/h2-14,22-23H,15-16H2,1H3,(H,29,32)(H2,27,28,31). The second-order valence-corrected chi connectivity index (χ2v) is 7.79. The van der Waals surface area contributed by atoms with Crippen molar-refractivity contribution in [2.75, 3.05) is 13.7 Å². The Labute approximate surface area is 197 Å². The minimum atomic E-state index is -0.791. The highest BCUT2D eigenvalue weighted by Crippen LogP contribution is 2.44. The Balaban J connectivity index is 1.32. The Kier molecular flexibility index (Phi) is 7.07. The summed E-state index contributed by atoms with van der Waals surface area (Å²) in [7, 11) is 1.28. The van der Waals surface area contributed by atoms with Crippen molar-refractivity contribution in [1.82, 2.24) is 16.2 Å². The number of rotatable bonds is 6. The lowest BCUT2D eigenvalue weighted by molar-refractivity contribution is -0.141. The molecule has 1 aliphatic carbocycles. The van der Waals surface area contributed by atoms with Gasteiger partial charge in [0.25, 0.3) is 0 Å². The molecule has 0 bridgehead atoms. The van der Waals surface area contributed by atoms with Crippen molar-refractivity contribution in [1.29, 1.82) is 0 Å². The van der Waals surface area contributed by atoms with Crippen molar-refractivity contribution < 1.29 is 23.9 Å². The number of ether oxygens (including phenoxy) is 2. The second kappa shape index (κ2) is 10.5. The van der Waals surface area contributed by atoms with Crippen LogP contribution in [0.3, 0.4) is 0 Å². The van der Waals surface area contributed by atoms with E-state index >= 15 is 0 Å². The first-order valence-electron chi connectivity index (χ1n) is 10.9. The van der Waals surface area contributed by atoms with E-state index in [2.05, 4.69) is 28.3 Å². The summed E-state index contributed by atoms with van der Waals surface area (Å²) in [5.74, 6) is -0.562. The zero-order chi connectivity index (χ0) is 23.9. The van der Waals surface area contributed by atoms with Crippen LogP contribution in [-0.2, 0) is 14.3 Å². The molecule has 0 saturated heterocycles. The maximum absolute atomic E-state index is 12.3. The van der Waals surface area contributed by atoms with Crippen LogP contribution in [0.1, 0.15) is 35.1 Å². The van der Waals surface area contributed by atoms with E-state index in [-0.39, 0.29) is 18.9 Å². The molecule has 0 saturated carbocycles. The molecule has 3 aromatic rings. The molecule has 0 radical (unpaired) electrons. The van der Waals surface area contributed by atoms with Gasteiger partial charge in [0.15, 0.2) is 0 Å². The maximum atomic E-state index is 12.3. The maximum Gasteiger partial charge on any atom is 0.426 e. The number of amides is 3. The minimum Gasteiger partial charge on any atom is -0.469 e. The summed E-state index contributed by atoms with van der Waals surface area (Å²) in [6.45, 7) is 0.123. The second-order valence-electron chi connectivity index (χ2n) is 7.79. The quantitative estimate of drug-likeness (QED) is 0.381. The molecule has 8 nitrogen and oxygen atoms in total. The number of fused-ring (bicyclic) bond motifs is 3. The minimum absolute atomic E-state index is 0.0567. The van der Waals surface area contributed by atoms with E-state index in [0.717, 1.165) is 27.8 Å². The first kappa shape index (κ1) is 22.8. The fourth-order valence-corrected chi connectivity index (χ4v) is 4.12. The fraction of sp³-hybridized carbons (Fsp3) is 0.192. The molecule has 8 heteroatoms. The molecule has 3 amide bonds. The van der Waals surface area contributed by atoms with Gasteiger partial charge in [-0.15, -0.1) is 0 Å². The average molecular weight is 460 g/mol.